The van der Waals surface area contributed by atoms with Gasteiger partial charge in [-0.1, -0.05) is 40.2 Å². The molecular weight excluding hydrogens is 390 g/mol. The van der Waals surface area contributed by atoms with Gasteiger partial charge in [0.2, 0.25) is 0 Å². The summed E-state index contributed by atoms with van der Waals surface area (Å²) in [5.41, 5.74) is 7.13. The van der Waals surface area contributed by atoms with E-state index < -0.39 is 6.10 Å². The average molecular weight is 408 g/mol. The first-order valence-electron chi connectivity index (χ1n) is 7.30. The summed E-state index contributed by atoms with van der Waals surface area (Å²) in [5, 5.41) is 3.32. The van der Waals surface area contributed by atoms with Crippen molar-refractivity contribution in [2.45, 2.75) is 20.0 Å². The minimum Gasteiger partial charge on any atom is -0.481 e. The second kappa shape index (κ2) is 8.65. The van der Waals surface area contributed by atoms with Crippen molar-refractivity contribution in [3.63, 3.8) is 0 Å². The van der Waals surface area contributed by atoms with Crippen molar-refractivity contribution in [3.05, 3.63) is 58.6 Å². The van der Waals surface area contributed by atoms with Crippen molar-refractivity contribution in [2.24, 2.45) is 0 Å². The number of hydrogen-bond donors (Lipinski definition) is 3. The molecule has 0 radical (unpaired) electrons. The molecule has 5 nitrogen and oxygen atoms in total. The van der Waals surface area contributed by atoms with E-state index in [1.165, 1.54) is 0 Å². The van der Waals surface area contributed by atoms with Gasteiger partial charge in [-0.2, -0.15) is 0 Å². The predicted molar refractivity (Wildman–Crippen MR) is 103 cm³/mol. The van der Waals surface area contributed by atoms with Gasteiger partial charge >= 0.3 is 0 Å². The summed E-state index contributed by atoms with van der Waals surface area (Å²) in [6, 6.07) is 15.0. The van der Waals surface area contributed by atoms with Crippen molar-refractivity contribution < 1.29 is 9.53 Å². The van der Waals surface area contributed by atoms with Gasteiger partial charge in [0, 0.05) is 10.2 Å². The maximum Gasteiger partial charge on any atom is 0.279 e. The smallest absolute Gasteiger partial charge is 0.279 e. The van der Waals surface area contributed by atoms with Crippen LogP contribution < -0.4 is 20.9 Å². The van der Waals surface area contributed by atoms with Gasteiger partial charge in [-0.3, -0.25) is 15.6 Å². The molecule has 0 bridgehead atoms. The Kier molecular flexibility index (Phi) is 6.57. The lowest BCUT2D eigenvalue weighted by Gasteiger charge is -2.17. The number of halogens is 1. The molecule has 0 spiro atoms. The van der Waals surface area contributed by atoms with Gasteiger partial charge in [0.1, 0.15) is 5.75 Å². The van der Waals surface area contributed by atoms with Crippen molar-refractivity contribution in [1.82, 2.24) is 10.9 Å². The van der Waals surface area contributed by atoms with E-state index in [0.29, 0.717) is 10.9 Å². The molecule has 24 heavy (non-hydrogen) atoms. The highest BCUT2D eigenvalue weighted by Gasteiger charge is 2.15. The molecule has 0 aliphatic rings. The van der Waals surface area contributed by atoms with Gasteiger partial charge in [-0.25, -0.2) is 0 Å². The van der Waals surface area contributed by atoms with Crippen LogP contribution in [0.3, 0.4) is 0 Å². The Morgan fingerprint density at radius 2 is 1.92 bits per heavy atom. The van der Waals surface area contributed by atoms with Gasteiger partial charge in [0.15, 0.2) is 11.2 Å². The van der Waals surface area contributed by atoms with Gasteiger partial charge in [-0.15, -0.1) is 0 Å². The number of thiocarbonyl (C=S) groups is 1. The van der Waals surface area contributed by atoms with E-state index in [1.807, 2.05) is 43.3 Å². The maximum absolute atomic E-state index is 12.1. The highest BCUT2D eigenvalue weighted by Crippen LogP contribution is 2.18. The van der Waals surface area contributed by atoms with Crippen molar-refractivity contribution in [1.29, 1.82) is 0 Å². The summed E-state index contributed by atoms with van der Waals surface area (Å²) in [6.07, 6.45) is -0.673. The van der Waals surface area contributed by atoms with Crippen LogP contribution in [0.5, 0.6) is 5.75 Å². The van der Waals surface area contributed by atoms with E-state index in [4.69, 9.17) is 17.0 Å². The van der Waals surface area contributed by atoms with Crippen molar-refractivity contribution in [2.75, 3.05) is 5.32 Å². The minimum absolute atomic E-state index is 0.298. The largest absolute Gasteiger partial charge is 0.481 e. The molecule has 2 rings (SSSR count). The Morgan fingerprint density at radius 1 is 1.17 bits per heavy atom. The van der Waals surface area contributed by atoms with Gasteiger partial charge in [0.05, 0.1) is 0 Å². The van der Waals surface area contributed by atoms with Crippen LogP contribution in [0.15, 0.2) is 53.0 Å². The molecule has 0 aliphatic heterocycles. The first-order valence-corrected chi connectivity index (χ1v) is 8.50. The summed E-state index contributed by atoms with van der Waals surface area (Å²) in [6.45, 7) is 3.63. The summed E-state index contributed by atoms with van der Waals surface area (Å²) in [7, 11) is 0. The zero-order valence-electron chi connectivity index (χ0n) is 13.3. The highest BCUT2D eigenvalue weighted by molar-refractivity contribution is 9.10. The van der Waals surface area contributed by atoms with Crippen LogP contribution in [0, 0.1) is 6.92 Å². The quantitative estimate of drug-likeness (QED) is 0.534. The maximum atomic E-state index is 12.1. The van der Waals surface area contributed by atoms with E-state index in [-0.39, 0.29) is 5.91 Å². The van der Waals surface area contributed by atoms with Crippen LogP contribution in [0.2, 0.25) is 0 Å². The summed E-state index contributed by atoms with van der Waals surface area (Å²) in [5.74, 6) is 0.275. The fourth-order valence-corrected chi connectivity index (χ4v) is 2.42. The second-order valence-electron chi connectivity index (χ2n) is 5.10. The van der Waals surface area contributed by atoms with Crippen molar-refractivity contribution in [3.8, 4) is 5.75 Å². The van der Waals surface area contributed by atoms with E-state index >= 15 is 0 Å². The standard InChI is InChI=1S/C17H18BrN3O2S/c1-11-6-3-4-9-15(11)19-17(24)21-20-16(22)12(2)23-14-8-5-7-13(18)10-14/h3-10,12H,1-2H3,(H,20,22)(H2,19,21,24)/t12-/m1/s1. The number of para-hydroxylation sites is 1. The monoisotopic (exact) mass is 407 g/mol. The van der Waals surface area contributed by atoms with E-state index in [1.54, 1.807) is 19.1 Å². The molecule has 0 saturated carbocycles. The molecule has 126 valence electrons. The zero-order valence-corrected chi connectivity index (χ0v) is 15.7. The number of hydrazine groups is 1. The molecule has 2 aromatic rings. The lowest BCUT2D eigenvalue weighted by Crippen LogP contribution is -2.48. The second-order valence-corrected chi connectivity index (χ2v) is 6.42. The summed E-state index contributed by atoms with van der Waals surface area (Å²) in [4.78, 5) is 12.1. The highest BCUT2D eigenvalue weighted by atomic mass is 79.9. The first-order chi connectivity index (χ1) is 11.5. The molecule has 1 amide bonds. The Labute approximate surface area is 154 Å². The van der Waals surface area contributed by atoms with Crippen LogP contribution in [-0.4, -0.2) is 17.1 Å². The third-order valence-corrected chi connectivity index (χ3v) is 3.87. The fourth-order valence-electron chi connectivity index (χ4n) is 1.88. The minimum atomic E-state index is -0.673. The van der Waals surface area contributed by atoms with E-state index in [2.05, 4.69) is 32.1 Å². The van der Waals surface area contributed by atoms with Crippen molar-refractivity contribution >= 4 is 44.9 Å². The van der Waals surface area contributed by atoms with Gasteiger partial charge in [-0.05, 0) is 55.9 Å². The number of nitrogens with one attached hydrogen (secondary N) is 3. The third-order valence-electron chi connectivity index (χ3n) is 3.17. The molecule has 0 unspecified atom stereocenters. The predicted octanol–water partition coefficient (Wildman–Crippen LogP) is 3.54. The number of benzene rings is 2. The topological polar surface area (TPSA) is 62.4 Å². The average Bonchev–Trinajstić information content (AvgIpc) is 2.54. The third kappa shape index (κ3) is 5.50. The van der Waals surface area contributed by atoms with Gasteiger partial charge < -0.3 is 10.1 Å². The molecule has 0 fully saturated rings. The molecule has 7 heteroatoms. The molecule has 1 atom stereocenters. The number of carbonyl (C=O) groups is 1. The molecule has 3 N–H and O–H groups in total. The SMILES string of the molecule is Cc1ccccc1NC(=S)NNC(=O)[C@@H](C)Oc1cccc(Br)c1. The van der Waals surface area contributed by atoms with Crippen LogP contribution in [0.25, 0.3) is 0 Å². The van der Waals surface area contributed by atoms with Crippen LogP contribution in [0.4, 0.5) is 5.69 Å². The lowest BCUT2D eigenvalue weighted by atomic mass is 10.2. The Bertz CT molecular complexity index is 739. The lowest BCUT2D eigenvalue weighted by molar-refractivity contribution is -0.127. The van der Waals surface area contributed by atoms with Gasteiger partial charge in [0.25, 0.3) is 5.91 Å². The number of ether oxygens (including phenoxy) is 1. The van der Waals surface area contributed by atoms with E-state index in [9.17, 15) is 4.79 Å². The van der Waals surface area contributed by atoms with Crippen LogP contribution >= 0.6 is 28.1 Å². The number of carbonyl (C=O) groups excluding carboxylic acids is 1. The molecule has 2 aromatic carbocycles. The number of hydrogen-bond acceptors (Lipinski definition) is 3. The molecular formula is C17H18BrN3O2S. The molecule has 0 heterocycles. The number of anilines is 1. The number of amides is 1. The number of aryl methyl sites for hydroxylation is 1. The molecule has 0 aliphatic carbocycles. The molecule has 0 aromatic heterocycles. The summed E-state index contributed by atoms with van der Waals surface area (Å²) < 4.78 is 6.46. The zero-order chi connectivity index (χ0) is 17.5. The first kappa shape index (κ1) is 18.2. The number of rotatable bonds is 4. The Balaban J connectivity index is 1.81. The fraction of sp³-hybridized carbons (Fsp3) is 0.176. The summed E-state index contributed by atoms with van der Waals surface area (Å²) >= 11 is 8.52. The normalized spacial score (nSPS) is 11.3. The molecule has 0 saturated heterocycles. The van der Waals surface area contributed by atoms with E-state index in [0.717, 1.165) is 15.7 Å². The van der Waals surface area contributed by atoms with Crippen LogP contribution in [-0.2, 0) is 4.79 Å². The Hall–Kier alpha value is -2.12. The van der Waals surface area contributed by atoms with Crippen LogP contribution in [0.1, 0.15) is 12.5 Å². The Morgan fingerprint density at radius 3 is 2.62 bits per heavy atom.